The number of benzene rings is 1. The van der Waals surface area contributed by atoms with Gasteiger partial charge in [-0.15, -0.1) is 0 Å². The Balaban J connectivity index is 1.67. The van der Waals surface area contributed by atoms with E-state index in [1.54, 1.807) is 17.0 Å². The van der Waals surface area contributed by atoms with E-state index in [-0.39, 0.29) is 11.9 Å². The third-order valence-electron chi connectivity index (χ3n) is 3.62. The summed E-state index contributed by atoms with van der Waals surface area (Å²) in [5.74, 6) is -1.14. The van der Waals surface area contributed by atoms with Crippen LogP contribution in [0.3, 0.4) is 0 Å². The molecule has 1 aromatic carbocycles. The van der Waals surface area contributed by atoms with E-state index in [1.165, 1.54) is 17.0 Å². The summed E-state index contributed by atoms with van der Waals surface area (Å²) in [5, 5.41) is 0. The van der Waals surface area contributed by atoms with Gasteiger partial charge in [-0.2, -0.15) is 0 Å². The topological polar surface area (TPSA) is 40.6 Å². The first-order valence-electron chi connectivity index (χ1n) is 6.49. The van der Waals surface area contributed by atoms with Gasteiger partial charge in [0.15, 0.2) is 0 Å². The lowest BCUT2D eigenvalue weighted by Gasteiger charge is -2.33. The van der Waals surface area contributed by atoms with Gasteiger partial charge in [-0.25, -0.2) is 4.39 Å². The average Bonchev–Trinajstić information content (AvgIpc) is 3.22. The van der Waals surface area contributed by atoms with Gasteiger partial charge in [0.25, 0.3) is 0 Å². The number of carbonyl (C=O) groups is 2. The molecule has 1 aliphatic heterocycles. The van der Waals surface area contributed by atoms with Crippen LogP contribution in [0.5, 0.6) is 0 Å². The summed E-state index contributed by atoms with van der Waals surface area (Å²) in [6.07, 6.45) is 2.02. The molecule has 1 saturated heterocycles. The van der Waals surface area contributed by atoms with Crippen molar-refractivity contribution in [1.29, 1.82) is 0 Å². The number of hydrogen-bond acceptors (Lipinski definition) is 2. The highest BCUT2D eigenvalue weighted by Crippen LogP contribution is 2.28. The predicted molar refractivity (Wildman–Crippen MR) is 66.6 cm³/mol. The van der Waals surface area contributed by atoms with Crippen LogP contribution >= 0.6 is 0 Å². The van der Waals surface area contributed by atoms with Crippen LogP contribution in [0.15, 0.2) is 24.3 Å². The fourth-order valence-electron chi connectivity index (χ4n) is 2.39. The summed E-state index contributed by atoms with van der Waals surface area (Å²) >= 11 is 0. The Bertz CT molecular complexity index is 511. The van der Waals surface area contributed by atoms with E-state index in [2.05, 4.69) is 0 Å². The second kappa shape index (κ2) is 4.64. The molecule has 0 N–H and O–H groups in total. The monoisotopic (exact) mass is 262 g/mol. The quantitative estimate of drug-likeness (QED) is 0.767. The molecule has 3 rings (SSSR count). The van der Waals surface area contributed by atoms with Crippen molar-refractivity contribution >= 4 is 11.8 Å². The van der Waals surface area contributed by atoms with Crippen LogP contribution in [-0.2, 0) is 16.1 Å². The lowest BCUT2D eigenvalue weighted by Crippen LogP contribution is -2.54. The Morgan fingerprint density at radius 1 is 1.05 bits per heavy atom. The van der Waals surface area contributed by atoms with E-state index >= 15 is 0 Å². The van der Waals surface area contributed by atoms with Gasteiger partial charge >= 0.3 is 11.8 Å². The van der Waals surface area contributed by atoms with Crippen LogP contribution < -0.4 is 0 Å². The van der Waals surface area contributed by atoms with Crippen LogP contribution in [0, 0.1) is 5.82 Å². The molecule has 1 aromatic rings. The summed E-state index contributed by atoms with van der Waals surface area (Å²) in [5.41, 5.74) is 0.836. The molecular weight excluding hydrogens is 247 g/mol. The van der Waals surface area contributed by atoms with Crippen molar-refractivity contribution in [3.63, 3.8) is 0 Å². The van der Waals surface area contributed by atoms with Gasteiger partial charge in [-0.05, 0) is 30.5 Å². The second-order valence-corrected chi connectivity index (χ2v) is 5.08. The summed E-state index contributed by atoms with van der Waals surface area (Å²) < 4.78 is 12.8. The molecule has 0 atom stereocenters. The van der Waals surface area contributed by atoms with Crippen molar-refractivity contribution in [2.45, 2.75) is 25.4 Å². The third kappa shape index (κ3) is 2.45. The fourth-order valence-corrected chi connectivity index (χ4v) is 2.39. The zero-order valence-corrected chi connectivity index (χ0v) is 10.5. The van der Waals surface area contributed by atoms with Gasteiger partial charge in [0.05, 0.1) is 0 Å². The maximum absolute atomic E-state index is 12.8. The smallest absolute Gasteiger partial charge is 0.312 e. The summed E-state index contributed by atoms with van der Waals surface area (Å²) in [7, 11) is 0. The molecule has 2 aliphatic rings. The number of carbonyl (C=O) groups excluding carboxylic acids is 2. The van der Waals surface area contributed by atoms with Crippen LogP contribution in [-0.4, -0.2) is 40.7 Å². The number of nitrogens with zero attached hydrogens (tertiary/aromatic N) is 2. The zero-order valence-electron chi connectivity index (χ0n) is 10.5. The Morgan fingerprint density at radius 3 is 2.37 bits per heavy atom. The first-order chi connectivity index (χ1) is 9.15. The van der Waals surface area contributed by atoms with Crippen molar-refractivity contribution in [2.24, 2.45) is 0 Å². The highest BCUT2D eigenvalue weighted by molar-refractivity contribution is 6.35. The minimum Gasteiger partial charge on any atom is -0.330 e. The van der Waals surface area contributed by atoms with E-state index in [9.17, 15) is 14.0 Å². The van der Waals surface area contributed by atoms with Gasteiger partial charge in [-0.3, -0.25) is 9.59 Å². The Labute approximate surface area is 110 Å². The largest absolute Gasteiger partial charge is 0.330 e. The zero-order chi connectivity index (χ0) is 13.4. The first-order valence-corrected chi connectivity index (χ1v) is 6.49. The number of rotatable bonds is 3. The predicted octanol–water partition coefficient (Wildman–Crippen LogP) is 1.16. The van der Waals surface area contributed by atoms with Gasteiger partial charge in [0.2, 0.25) is 0 Å². The van der Waals surface area contributed by atoms with Crippen LogP contribution in [0.25, 0.3) is 0 Å². The minimum atomic E-state index is -0.442. The lowest BCUT2D eigenvalue weighted by atomic mass is 10.2. The Kier molecular flexibility index (Phi) is 2.97. The van der Waals surface area contributed by atoms with E-state index in [0.717, 1.165) is 18.4 Å². The molecule has 100 valence electrons. The molecule has 19 heavy (non-hydrogen) atoms. The van der Waals surface area contributed by atoms with Gasteiger partial charge < -0.3 is 9.80 Å². The number of hydrogen-bond donors (Lipinski definition) is 0. The van der Waals surface area contributed by atoms with Crippen molar-refractivity contribution in [3.05, 3.63) is 35.6 Å². The van der Waals surface area contributed by atoms with Gasteiger partial charge in [0.1, 0.15) is 5.82 Å². The maximum atomic E-state index is 12.8. The molecule has 4 nitrogen and oxygen atoms in total. The maximum Gasteiger partial charge on any atom is 0.312 e. The second-order valence-electron chi connectivity index (χ2n) is 5.08. The van der Waals surface area contributed by atoms with Gasteiger partial charge in [-0.1, -0.05) is 12.1 Å². The molecule has 1 aliphatic carbocycles. The summed E-state index contributed by atoms with van der Waals surface area (Å²) in [6, 6.07) is 6.29. The van der Waals surface area contributed by atoms with E-state index in [1.807, 2.05) is 0 Å². The van der Waals surface area contributed by atoms with Crippen molar-refractivity contribution in [3.8, 4) is 0 Å². The molecule has 1 heterocycles. The highest BCUT2D eigenvalue weighted by Gasteiger charge is 2.40. The molecule has 5 heteroatoms. The van der Waals surface area contributed by atoms with Crippen molar-refractivity contribution in [1.82, 2.24) is 9.80 Å². The van der Waals surface area contributed by atoms with E-state index in [0.29, 0.717) is 19.6 Å². The standard InChI is InChI=1S/C14H15FN2O2/c15-11-3-1-10(2-4-11)9-16-7-8-17(12-5-6-12)14(19)13(16)18/h1-4,12H,5-9H2. The molecule has 0 aromatic heterocycles. The average molecular weight is 262 g/mol. The lowest BCUT2D eigenvalue weighted by molar-refractivity contribution is -0.156. The molecule has 1 saturated carbocycles. The van der Waals surface area contributed by atoms with Crippen molar-refractivity contribution < 1.29 is 14.0 Å². The fraction of sp³-hybridized carbons (Fsp3) is 0.429. The Morgan fingerprint density at radius 2 is 1.74 bits per heavy atom. The molecule has 0 radical (unpaired) electrons. The molecule has 0 bridgehead atoms. The van der Waals surface area contributed by atoms with Crippen LogP contribution in [0.2, 0.25) is 0 Å². The Hall–Kier alpha value is -1.91. The molecule has 0 unspecified atom stereocenters. The number of halogens is 1. The molecular formula is C14H15FN2O2. The molecule has 2 amide bonds. The first kappa shape index (κ1) is 12.1. The molecule has 0 spiro atoms. The van der Waals surface area contributed by atoms with Crippen LogP contribution in [0.4, 0.5) is 4.39 Å². The number of amides is 2. The highest BCUT2D eigenvalue weighted by atomic mass is 19.1. The minimum absolute atomic E-state index is 0.282. The van der Waals surface area contributed by atoms with E-state index < -0.39 is 11.8 Å². The van der Waals surface area contributed by atoms with E-state index in [4.69, 9.17) is 0 Å². The van der Waals surface area contributed by atoms with Crippen molar-refractivity contribution in [2.75, 3.05) is 13.1 Å². The van der Waals surface area contributed by atoms with Crippen LogP contribution in [0.1, 0.15) is 18.4 Å². The normalized spacial score (nSPS) is 20.1. The summed E-state index contributed by atoms with van der Waals surface area (Å²) in [6.45, 7) is 1.53. The summed E-state index contributed by atoms with van der Waals surface area (Å²) in [4.78, 5) is 27.2. The number of piperazine rings is 1. The SMILES string of the molecule is O=C1C(=O)N(C2CC2)CCN1Cc1ccc(F)cc1. The molecule has 2 fully saturated rings. The van der Waals surface area contributed by atoms with Gasteiger partial charge in [0, 0.05) is 25.7 Å². The third-order valence-corrected chi connectivity index (χ3v) is 3.62.